The Balaban J connectivity index is 2.38. The maximum absolute atomic E-state index is 12.3. The molecule has 0 bridgehead atoms. The van der Waals surface area contributed by atoms with Gasteiger partial charge in [-0.3, -0.25) is 4.98 Å². The number of aliphatic hydroxyl groups excluding tert-OH is 1. The van der Waals surface area contributed by atoms with Crippen LogP contribution in [0.25, 0.3) is 0 Å². The number of nitrogens with zero attached hydrogens (tertiary/aromatic N) is 3. The van der Waals surface area contributed by atoms with Crippen molar-refractivity contribution in [2.45, 2.75) is 17.5 Å². The lowest BCUT2D eigenvalue weighted by atomic mass is 10.4. The smallest absolute Gasteiger partial charge is 0.228 e. The molecule has 20 heavy (non-hydrogen) atoms. The number of imidazole rings is 1. The van der Waals surface area contributed by atoms with E-state index in [0.717, 1.165) is 0 Å². The molecule has 0 fully saturated rings. The summed E-state index contributed by atoms with van der Waals surface area (Å²) < 4.78 is 25.9. The van der Waals surface area contributed by atoms with Gasteiger partial charge in [0.05, 0.1) is 34.2 Å². The second-order valence-corrected chi connectivity index (χ2v) is 6.82. The van der Waals surface area contributed by atoms with Crippen LogP contribution in [0.4, 0.5) is 0 Å². The third-order valence-electron chi connectivity index (χ3n) is 2.69. The molecular weight excluding hydrogens is 325 g/mol. The lowest BCUT2D eigenvalue weighted by Gasteiger charge is -2.07. The van der Waals surface area contributed by atoms with E-state index in [1.165, 1.54) is 30.1 Å². The van der Waals surface area contributed by atoms with Gasteiger partial charge < -0.3 is 9.67 Å². The fourth-order valence-electron chi connectivity index (χ4n) is 1.66. The van der Waals surface area contributed by atoms with Crippen LogP contribution in [0.3, 0.4) is 0 Å². The van der Waals surface area contributed by atoms with Crippen LogP contribution in [0.2, 0.25) is 10.0 Å². The van der Waals surface area contributed by atoms with Gasteiger partial charge in [0.25, 0.3) is 0 Å². The Morgan fingerprint density at radius 2 is 2.00 bits per heavy atom. The Labute approximate surface area is 125 Å². The van der Waals surface area contributed by atoms with Crippen molar-refractivity contribution in [2.75, 3.05) is 0 Å². The normalized spacial score (nSPS) is 11.8. The monoisotopic (exact) mass is 335 g/mol. The Hall–Kier alpha value is -1.15. The molecule has 0 aromatic carbocycles. The highest BCUT2D eigenvalue weighted by Gasteiger charge is 2.24. The van der Waals surface area contributed by atoms with Gasteiger partial charge in [0, 0.05) is 13.2 Å². The molecule has 9 heteroatoms. The molecule has 0 aliphatic heterocycles. The third kappa shape index (κ3) is 2.95. The zero-order chi connectivity index (χ0) is 14.9. The quantitative estimate of drug-likeness (QED) is 0.916. The van der Waals surface area contributed by atoms with Crippen molar-refractivity contribution in [3.63, 3.8) is 0 Å². The van der Waals surface area contributed by atoms with Gasteiger partial charge in [0.2, 0.25) is 15.0 Å². The molecule has 2 aromatic heterocycles. The minimum absolute atomic E-state index is 0.144. The van der Waals surface area contributed by atoms with Crippen molar-refractivity contribution in [3.05, 3.63) is 39.9 Å². The van der Waals surface area contributed by atoms with Crippen molar-refractivity contribution in [3.8, 4) is 0 Å². The first-order valence-corrected chi connectivity index (χ1v) is 7.90. The van der Waals surface area contributed by atoms with Crippen molar-refractivity contribution in [1.29, 1.82) is 0 Å². The summed E-state index contributed by atoms with van der Waals surface area (Å²) in [6.45, 7) is -0.293. The predicted octanol–water partition coefficient (Wildman–Crippen LogP) is 1.59. The summed E-state index contributed by atoms with van der Waals surface area (Å²) in [7, 11) is -2.20. The molecular formula is C11H11Cl2N3O3S. The van der Waals surface area contributed by atoms with Crippen LogP contribution in [0.1, 0.15) is 11.4 Å². The van der Waals surface area contributed by atoms with Crippen LogP contribution >= 0.6 is 23.2 Å². The molecule has 0 saturated carbocycles. The largest absolute Gasteiger partial charge is 0.390 e. The first kappa shape index (κ1) is 15.2. The lowest BCUT2D eigenvalue weighted by molar-refractivity contribution is 0.271. The summed E-state index contributed by atoms with van der Waals surface area (Å²) in [6, 6.07) is 1.43. The summed E-state index contributed by atoms with van der Waals surface area (Å²) >= 11 is 11.6. The second-order valence-electron chi connectivity index (χ2n) is 4.09. The molecule has 2 aromatic rings. The highest BCUT2D eigenvalue weighted by atomic mass is 35.5. The Morgan fingerprint density at radius 1 is 1.30 bits per heavy atom. The molecule has 0 saturated heterocycles. The van der Waals surface area contributed by atoms with Crippen LogP contribution in [0.15, 0.2) is 23.6 Å². The first-order chi connectivity index (χ1) is 9.35. The number of rotatable bonds is 4. The van der Waals surface area contributed by atoms with Crippen molar-refractivity contribution in [2.24, 2.45) is 7.05 Å². The van der Waals surface area contributed by atoms with Gasteiger partial charge in [0.1, 0.15) is 5.75 Å². The average Bonchev–Trinajstić information content (AvgIpc) is 2.74. The molecule has 2 heterocycles. The van der Waals surface area contributed by atoms with Crippen LogP contribution < -0.4 is 0 Å². The number of sulfone groups is 1. The number of halogens is 2. The van der Waals surface area contributed by atoms with Crippen molar-refractivity contribution >= 4 is 33.0 Å². The zero-order valence-electron chi connectivity index (χ0n) is 10.4. The number of hydrogen-bond acceptors (Lipinski definition) is 5. The summed E-state index contributed by atoms with van der Waals surface area (Å²) in [6.07, 6.45) is 2.64. The van der Waals surface area contributed by atoms with E-state index in [2.05, 4.69) is 9.97 Å². The maximum atomic E-state index is 12.3. The van der Waals surface area contributed by atoms with Gasteiger partial charge in [-0.25, -0.2) is 13.4 Å². The van der Waals surface area contributed by atoms with E-state index in [1.807, 2.05) is 0 Å². The number of aromatic nitrogens is 3. The van der Waals surface area contributed by atoms with E-state index in [0.29, 0.717) is 10.7 Å². The lowest BCUT2D eigenvalue weighted by Crippen LogP contribution is -2.13. The maximum Gasteiger partial charge on any atom is 0.228 e. The fourth-order valence-corrected chi connectivity index (χ4v) is 3.65. The molecule has 0 unspecified atom stereocenters. The van der Waals surface area contributed by atoms with E-state index >= 15 is 0 Å². The van der Waals surface area contributed by atoms with Crippen LogP contribution in [0.5, 0.6) is 0 Å². The Kier molecular flexibility index (Phi) is 4.33. The van der Waals surface area contributed by atoms with Crippen molar-refractivity contribution < 1.29 is 13.5 Å². The van der Waals surface area contributed by atoms with Gasteiger partial charge in [-0.15, -0.1) is 0 Å². The van der Waals surface area contributed by atoms with Gasteiger partial charge in [-0.05, 0) is 6.07 Å². The summed E-state index contributed by atoms with van der Waals surface area (Å²) in [5.41, 5.74) is 0.600. The predicted molar refractivity (Wildman–Crippen MR) is 74.3 cm³/mol. The topological polar surface area (TPSA) is 85.1 Å². The van der Waals surface area contributed by atoms with E-state index in [9.17, 15) is 8.42 Å². The minimum Gasteiger partial charge on any atom is -0.390 e. The number of hydrogen-bond donors (Lipinski definition) is 1. The molecule has 108 valence electrons. The molecule has 0 radical (unpaired) electrons. The highest BCUT2D eigenvalue weighted by Crippen LogP contribution is 2.23. The van der Waals surface area contributed by atoms with Gasteiger partial charge in [-0.1, -0.05) is 23.2 Å². The summed E-state index contributed by atoms with van der Waals surface area (Å²) in [5.74, 6) is -0.390. The second kappa shape index (κ2) is 5.69. The van der Waals surface area contributed by atoms with Crippen LogP contribution in [0, 0.1) is 0 Å². The molecule has 2 rings (SSSR count). The standard InChI is InChI=1S/C11H11Cl2N3O3S/c1-16-8(5-17)4-15-11(16)20(18,19)6-10-9(13)2-7(12)3-14-10/h2-4,17H,5-6H2,1H3. The molecule has 0 aliphatic carbocycles. The van der Waals surface area contributed by atoms with Crippen molar-refractivity contribution in [1.82, 2.24) is 14.5 Å². The Bertz CT molecular complexity index is 743. The average molecular weight is 336 g/mol. The zero-order valence-corrected chi connectivity index (χ0v) is 12.7. The van der Waals surface area contributed by atoms with Gasteiger partial charge in [0.15, 0.2) is 0 Å². The summed E-state index contributed by atoms with van der Waals surface area (Å²) in [5, 5.41) is 9.42. The molecule has 0 atom stereocenters. The van der Waals surface area contributed by atoms with E-state index in [4.69, 9.17) is 28.3 Å². The third-order valence-corrected chi connectivity index (χ3v) is 4.82. The molecule has 0 amide bonds. The van der Waals surface area contributed by atoms with Gasteiger partial charge >= 0.3 is 0 Å². The molecule has 6 nitrogen and oxygen atoms in total. The van der Waals surface area contributed by atoms with E-state index in [-0.39, 0.29) is 22.5 Å². The van der Waals surface area contributed by atoms with Crippen LogP contribution in [-0.2, 0) is 29.2 Å². The SMILES string of the molecule is Cn1c(CO)cnc1S(=O)(=O)Cc1ncc(Cl)cc1Cl. The molecule has 0 aliphatic rings. The summed E-state index contributed by atoms with van der Waals surface area (Å²) in [4.78, 5) is 7.74. The highest BCUT2D eigenvalue weighted by molar-refractivity contribution is 7.90. The van der Waals surface area contributed by atoms with E-state index < -0.39 is 15.6 Å². The minimum atomic E-state index is -3.72. The first-order valence-electron chi connectivity index (χ1n) is 5.49. The van der Waals surface area contributed by atoms with E-state index in [1.54, 1.807) is 0 Å². The van der Waals surface area contributed by atoms with Crippen LogP contribution in [-0.4, -0.2) is 28.1 Å². The number of aliphatic hydroxyl groups is 1. The fraction of sp³-hybridized carbons (Fsp3) is 0.273. The van der Waals surface area contributed by atoms with Gasteiger partial charge in [-0.2, -0.15) is 0 Å². The molecule has 1 N–H and O–H groups in total. The molecule has 0 spiro atoms. The number of pyridine rings is 1. The Morgan fingerprint density at radius 3 is 2.55 bits per heavy atom.